The number of benzene rings is 1. The van der Waals surface area contributed by atoms with Gasteiger partial charge in [-0.15, -0.1) is 11.6 Å². The molecule has 0 spiro atoms. The van der Waals surface area contributed by atoms with Gasteiger partial charge in [0.15, 0.2) is 0 Å². The molecule has 0 saturated heterocycles. The number of ether oxygens (including phenoxy) is 1. The van der Waals surface area contributed by atoms with Gasteiger partial charge in [0, 0.05) is 11.3 Å². The zero-order valence-electron chi connectivity index (χ0n) is 13.2. The molecule has 22 heavy (non-hydrogen) atoms. The van der Waals surface area contributed by atoms with Crippen LogP contribution in [0.25, 0.3) is 0 Å². The van der Waals surface area contributed by atoms with E-state index in [9.17, 15) is 10.2 Å². The monoisotopic (exact) mass is 326 g/mol. The number of halogens is 1. The van der Waals surface area contributed by atoms with Crippen LogP contribution in [0.3, 0.4) is 0 Å². The second-order valence-electron chi connectivity index (χ2n) is 6.29. The molecule has 0 aromatic heterocycles. The van der Waals surface area contributed by atoms with Crippen LogP contribution in [0.5, 0.6) is 5.75 Å². The van der Waals surface area contributed by atoms with E-state index >= 15 is 0 Å². The minimum absolute atomic E-state index is 0.0512. The maximum Gasteiger partial charge on any atom is 0.119 e. The second kappa shape index (κ2) is 8.76. The van der Waals surface area contributed by atoms with Crippen molar-refractivity contribution in [2.45, 2.75) is 63.0 Å². The van der Waals surface area contributed by atoms with E-state index in [1.54, 1.807) is 0 Å². The van der Waals surface area contributed by atoms with Crippen LogP contribution in [-0.4, -0.2) is 28.3 Å². The lowest BCUT2D eigenvalue weighted by atomic mass is 10.0. The van der Waals surface area contributed by atoms with Crippen LogP contribution < -0.4 is 4.74 Å². The number of alkyl halides is 1. The molecule has 1 unspecified atom stereocenters. The number of hydrogen-bond acceptors (Lipinski definition) is 3. The van der Waals surface area contributed by atoms with E-state index in [0.717, 1.165) is 43.4 Å². The molecule has 2 rings (SSSR count). The molecule has 0 amide bonds. The summed E-state index contributed by atoms with van der Waals surface area (Å²) in [5.41, 5.74) is 0.899. The van der Waals surface area contributed by atoms with E-state index in [1.807, 2.05) is 24.3 Å². The molecule has 1 aromatic carbocycles. The van der Waals surface area contributed by atoms with Gasteiger partial charge in [-0.1, -0.05) is 38.3 Å². The molecule has 1 aromatic rings. The smallest absolute Gasteiger partial charge is 0.119 e. The highest BCUT2D eigenvalue weighted by molar-refractivity contribution is 6.20. The van der Waals surface area contributed by atoms with Crippen molar-refractivity contribution in [3.8, 4) is 5.75 Å². The summed E-state index contributed by atoms with van der Waals surface area (Å²) in [6, 6.07) is 7.63. The largest absolute Gasteiger partial charge is 0.493 e. The molecule has 4 atom stereocenters. The summed E-state index contributed by atoms with van der Waals surface area (Å²) in [6.07, 6.45) is 4.76. The molecule has 0 aliphatic heterocycles. The summed E-state index contributed by atoms with van der Waals surface area (Å²) >= 11 is 6.06. The first-order valence-electron chi connectivity index (χ1n) is 8.33. The highest BCUT2D eigenvalue weighted by Gasteiger charge is 2.32. The van der Waals surface area contributed by atoms with E-state index in [2.05, 4.69) is 6.92 Å². The fourth-order valence-electron chi connectivity index (χ4n) is 2.98. The molecule has 3 nitrogen and oxygen atoms in total. The summed E-state index contributed by atoms with van der Waals surface area (Å²) in [4.78, 5) is 0. The number of rotatable bonds is 8. The second-order valence-corrected chi connectivity index (χ2v) is 6.91. The summed E-state index contributed by atoms with van der Waals surface area (Å²) in [5.74, 6) is 0.845. The predicted octanol–water partition coefficient (Wildman–Crippen LogP) is 4.06. The summed E-state index contributed by atoms with van der Waals surface area (Å²) < 4.78 is 5.80. The lowest BCUT2D eigenvalue weighted by Gasteiger charge is -2.16. The van der Waals surface area contributed by atoms with Gasteiger partial charge in [0.1, 0.15) is 5.75 Å². The lowest BCUT2D eigenvalue weighted by molar-refractivity contribution is 0.0983. The van der Waals surface area contributed by atoms with Gasteiger partial charge in [0.05, 0.1) is 18.8 Å². The third kappa shape index (κ3) is 5.15. The third-order valence-electron chi connectivity index (χ3n) is 4.39. The van der Waals surface area contributed by atoms with Crippen molar-refractivity contribution >= 4 is 11.6 Å². The van der Waals surface area contributed by atoms with Crippen LogP contribution in [0.4, 0.5) is 0 Å². The Labute approximate surface area is 138 Å². The van der Waals surface area contributed by atoms with E-state index in [-0.39, 0.29) is 17.4 Å². The maximum absolute atomic E-state index is 10.2. The number of hydrogen-bond donors (Lipinski definition) is 2. The Morgan fingerprint density at radius 2 is 2.14 bits per heavy atom. The standard InChI is InChI=1S/C18H27ClO3/c1-2-3-4-8-17(20)13-6-5-7-16(10-13)22-12-14-9-15(19)11-18(14)21/h5-7,10,14-15,17-18,20-21H,2-4,8-9,11-12H2,1H3/t14-,15-,17?,18+/m0/s1. The Balaban J connectivity index is 1.85. The molecule has 0 radical (unpaired) electrons. The average Bonchev–Trinajstić information content (AvgIpc) is 2.83. The Hall–Kier alpha value is -0.770. The van der Waals surface area contributed by atoms with Gasteiger partial charge < -0.3 is 14.9 Å². The van der Waals surface area contributed by atoms with Crippen molar-refractivity contribution in [2.75, 3.05) is 6.61 Å². The molecule has 4 heteroatoms. The highest BCUT2D eigenvalue weighted by Crippen LogP contribution is 2.31. The van der Waals surface area contributed by atoms with Gasteiger partial charge in [-0.3, -0.25) is 0 Å². The Morgan fingerprint density at radius 1 is 1.32 bits per heavy atom. The summed E-state index contributed by atoms with van der Waals surface area (Å²) in [6.45, 7) is 2.63. The Bertz CT molecular complexity index is 452. The van der Waals surface area contributed by atoms with Crippen molar-refractivity contribution < 1.29 is 14.9 Å². The highest BCUT2D eigenvalue weighted by atomic mass is 35.5. The predicted molar refractivity (Wildman–Crippen MR) is 89.4 cm³/mol. The van der Waals surface area contributed by atoms with Gasteiger partial charge in [0.2, 0.25) is 0 Å². The van der Waals surface area contributed by atoms with Crippen LogP contribution in [0, 0.1) is 5.92 Å². The number of unbranched alkanes of at least 4 members (excludes halogenated alkanes) is 2. The molecular weight excluding hydrogens is 300 g/mol. The molecular formula is C18H27ClO3. The minimum Gasteiger partial charge on any atom is -0.493 e. The minimum atomic E-state index is -0.431. The zero-order chi connectivity index (χ0) is 15.9. The van der Waals surface area contributed by atoms with Crippen LogP contribution >= 0.6 is 11.6 Å². The van der Waals surface area contributed by atoms with Crippen LogP contribution in [0.15, 0.2) is 24.3 Å². The van der Waals surface area contributed by atoms with Crippen molar-refractivity contribution in [1.82, 2.24) is 0 Å². The van der Waals surface area contributed by atoms with E-state index in [0.29, 0.717) is 13.0 Å². The molecule has 1 saturated carbocycles. The van der Waals surface area contributed by atoms with E-state index in [1.165, 1.54) is 0 Å². The Kier molecular flexibility index (Phi) is 7.00. The first-order chi connectivity index (χ1) is 10.6. The maximum atomic E-state index is 10.2. The summed E-state index contributed by atoms with van der Waals surface area (Å²) in [7, 11) is 0. The van der Waals surface area contributed by atoms with Crippen LogP contribution in [0.2, 0.25) is 0 Å². The van der Waals surface area contributed by atoms with Crippen molar-refractivity contribution in [3.63, 3.8) is 0 Å². The van der Waals surface area contributed by atoms with Gasteiger partial charge in [-0.25, -0.2) is 0 Å². The molecule has 2 N–H and O–H groups in total. The van der Waals surface area contributed by atoms with Gasteiger partial charge in [0.25, 0.3) is 0 Å². The summed E-state index contributed by atoms with van der Waals surface area (Å²) in [5, 5.41) is 20.2. The first kappa shape index (κ1) is 17.6. The number of aliphatic hydroxyl groups is 2. The lowest BCUT2D eigenvalue weighted by Crippen LogP contribution is -2.20. The third-order valence-corrected chi connectivity index (χ3v) is 4.74. The van der Waals surface area contributed by atoms with E-state index < -0.39 is 6.10 Å². The van der Waals surface area contributed by atoms with Gasteiger partial charge in [-0.05, 0) is 37.0 Å². The fraction of sp³-hybridized carbons (Fsp3) is 0.667. The molecule has 1 aliphatic carbocycles. The normalized spacial score (nSPS) is 26.1. The quantitative estimate of drug-likeness (QED) is 0.559. The molecule has 0 heterocycles. The van der Waals surface area contributed by atoms with E-state index in [4.69, 9.17) is 16.3 Å². The number of aliphatic hydroxyl groups excluding tert-OH is 2. The molecule has 1 aliphatic rings. The molecule has 124 valence electrons. The SMILES string of the molecule is CCCCCC(O)c1cccc(OC[C@@H]2C[C@H](Cl)C[C@H]2O)c1. The van der Waals surface area contributed by atoms with Gasteiger partial charge in [-0.2, -0.15) is 0 Å². The fourth-order valence-corrected chi connectivity index (χ4v) is 3.40. The van der Waals surface area contributed by atoms with Crippen LogP contribution in [0.1, 0.15) is 57.1 Å². The first-order valence-corrected chi connectivity index (χ1v) is 8.76. The average molecular weight is 327 g/mol. The van der Waals surface area contributed by atoms with Crippen molar-refractivity contribution in [1.29, 1.82) is 0 Å². The van der Waals surface area contributed by atoms with Crippen molar-refractivity contribution in [2.24, 2.45) is 5.92 Å². The topological polar surface area (TPSA) is 49.7 Å². The van der Waals surface area contributed by atoms with Crippen molar-refractivity contribution in [3.05, 3.63) is 29.8 Å². The van der Waals surface area contributed by atoms with Crippen LogP contribution in [-0.2, 0) is 0 Å². The Morgan fingerprint density at radius 3 is 2.82 bits per heavy atom. The zero-order valence-corrected chi connectivity index (χ0v) is 14.0. The molecule has 0 bridgehead atoms. The van der Waals surface area contributed by atoms with Gasteiger partial charge >= 0.3 is 0 Å². The molecule has 1 fully saturated rings.